The second-order valence-electron chi connectivity index (χ2n) is 8.09. The molecule has 4 bridgehead atoms. The third-order valence-corrected chi connectivity index (χ3v) is 27.7. The Morgan fingerprint density at radius 2 is 0.875 bits per heavy atom. The van der Waals surface area contributed by atoms with Gasteiger partial charge in [-0.25, -0.2) is 0 Å². The van der Waals surface area contributed by atoms with Crippen LogP contribution in [0.2, 0.25) is 0 Å². The van der Waals surface area contributed by atoms with Crippen LogP contribution in [0.5, 0.6) is 0 Å². The summed E-state index contributed by atoms with van der Waals surface area (Å²) in [5, 5.41) is 0. The number of rotatable bonds is 0. The molecule has 1 aliphatic carbocycles. The second kappa shape index (κ2) is 3.22. The van der Waals surface area contributed by atoms with Crippen LogP contribution < -0.4 is 0 Å². The molecule has 0 unspecified atom stereocenters. The summed E-state index contributed by atoms with van der Waals surface area (Å²) in [5.41, 5.74) is 3.45. The van der Waals surface area contributed by atoms with Gasteiger partial charge in [-0.15, -0.1) is 0 Å². The van der Waals surface area contributed by atoms with Crippen LogP contribution in [0.1, 0.15) is 19.3 Å². The van der Waals surface area contributed by atoms with E-state index in [9.17, 15) is 0 Å². The molecule has 3 heterocycles. The Labute approximate surface area is 103 Å². The zero-order chi connectivity index (χ0) is 11.9. The summed E-state index contributed by atoms with van der Waals surface area (Å²) in [6.07, 6.45) is 4.86. The van der Waals surface area contributed by atoms with E-state index in [0.717, 1.165) is 17.0 Å². The van der Waals surface area contributed by atoms with Crippen LogP contribution in [0.3, 0.4) is 0 Å². The Bertz CT molecular complexity index is 279. The van der Waals surface area contributed by atoms with Gasteiger partial charge in [-0.05, 0) is 0 Å². The number of hydrogen-bond acceptors (Lipinski definition) is 1. The SMILES string of the molecule is C[PH]1(C)C2CC3CC(C2)[PH](C)(C)N1[PH]3(C)C. The van der Waals surface area contributed by atoms with Gasteiger partial charge in [0.1, 0.15) is 0 Å². The van der Waals surface area contributed by atoms with Gasteiger partial charge < -0.3 is 0 Å². The molecule has 0 N–H and O–H groups in total. The topological polar surface area (TPSA) is 3.24 Å². The Morgan fingerprint density at radius 3 is 1.12 bits per heavy atom. The molecule has 0 spiro atoms. The van der Waals surface area contributed by atoms with Crippen molar-refractivity contribution in [2.75, 3.05) is 40.0 Å². The molecule has 0 radical (unpaired) electrons. The van der Waals surface area contributed by atoms with Crippen molar-refractivity contribution < 1.29 is 0 Å². The van der Waals surface area contributed by atoms with Gasteiger partial charge in [-0.2, -0.15) is 0 Å². The molecule has 0 aromatic rings. The molecule has 0 atom stereocenters. The molecule has 4 heteroatoms. The van der Waals surface area contributed by atoms with Gasteiger partial charge >= 0.3 is 103 Å². The number of hydrogen-bond donors (Lipinski definition) is 0. The van der Waals surface area contributed by atoms with Crippen molar-refractivity contribution in [1.82, 2.24) is 4.21 Å². The minimum absolute atomic E-state index is 1.06. The zero-order valence-electron chi connectivity index (χ0n) is 11.8. The first-order valence-electron chi connectivity index (χ1n) is 6.99. The Hall–Kier alpha value is 1.25. The molecule has 4 fully saturated rings. The summed E-state index contributed by atoms with van der Waals surface area (Å²) < 4.78 is 3.30. The van der Waals surface area contributed by atoms with Gasteiger partial charge in [-0.3, -0.25) is 0 Å². The van der Waals surface area contributed by atoms with Crippen molar-refractivity contribution in [3.05, 3.63) is 0 Å². The molecule has 1 saturated carbocycles. The third kappa shape index (κ3) is 1.28. The van der Waals surface area contributed by atoms with Crippen LogP contribution in [0.4, 0.5) is 0 Å². The van der Waals surface area contributed by atoms with Gasteiger partial charge in [0.2, 0.25) is 0 Å². The monoisotopic (exact) mass is 281 g/mol. The fourth-order valence-corrected chi connectivity index (χ4v) is 33.9. The summed E-state index contributed by atoms with van der Waals surface area (Å²) >= 11 is 0. The first-order valence-corrected chi connectivity index (χ1v) is 16.1. The fraction of sp³-hybridized carbons (Fsp3) is 1.00. The van der Waals surface area contributed by atoms with Crippen LogP contribution in [0.15, 0.2) is 0 Å². The zero-order valence-corrected chi connectivity index (χ0v) is 14.8. The predicted molar refractivity (Wildman–Crippen MR) is 87.5 cm³/mol. The van der Waals surface area contributed by atoms with E-state index in [4.69, 9.17) is 0 Å². The van der Waals surface area contributed by atoms with Crippen LogP contribution in [0.25, 0.3) is 0 Å². The Balaban J connectivity index is 2.14. The molecule has 98 valence electrons. The van der Waals surface area contributed by atoms with Crippen LogP contribution >= 0.6 is 22.2 Å². The van der Waals surface area contributed by atoms with Crippen molar-refractivity contribution in [3.8, 4) is 0 Å². The normalized spacial score (nSPS) is 56.6. The first kappa shape index (κ1) is 12.3. The third-order valence-electron chi connectivity index (χ3n) is 6.43. The van der Waals surface area contributed by atoms with Gasteiger partial charge in [0.25, 0.3) is 0 Å². The fourth-order valence-electron chi connectivity index (χ4n) is 5.83. The molecule has 4 aliphatic rings. The van der Waals surface area contributed by atoms with Gasteiger partial charge in [0, 0.05) is 0 Å². The molecule has 4 rings (SSSR count). The Morgan fingerprint density at radius 1 is 0.625 bits per heavy atom. The van der Waals surface area contributed by atoms with E-state index in [1.807, 2.05) is 0 Å². The average molecular weight is 281 g/mol. The van der Waals surface area contributed by atoms with E-state index in [2.05, 4.69) is 44.2 Å². The average Bonchev–Trinajstić information content (AvgIpc) is 2.12. The molecule has 1 nitrogen and oxygen atoms in total. The van der Waals surface area contributed by atoms with E-state index in [0.29, 0.717) is 0 Å². The van der Waals surface area contributed by atoms with E-state index >= 15 is 0 Å². The number of nitrogens with zero attached hydrogens (tertiary/aromatic N) is 1. The minimum atomic E-state index is -1.06. The second-order valence-corrected chi connectivity index (χ2v) is 23.1. The van der Waals surface area contributed by atoms with Gasteiger partial charge in [0.05, 0.1) is 0 Å². The molecular weight excluding hydrogens is 251 g/mol. The first-order chi connectivity index (χ1) is 7.18. The van der Waals surface area contributed by atoms with Crippen LogP contribution in [0, 0.1) is 0 Å². The van der Waals surface area contributed by atoms with Crippen molar-refractivity contribution in [2.24, 2.45) is 0 Å². The summed E-state index contributed by atoms with van der Waals surface area (Å²) in [6.45, 7) is 16.2. The molecule has 16 heavy (non-hydrogen) atoms. The summed E-state index contributed by atoms with van der Waals surface area (Å²) in [4.78, 5) is 0. The standard InChI is InChI=1S/C12H30NP3/c1-14(2)10-7-11-9-12(8-10)16(5,6)13(14)15(11,3)4/h10-12,14-16H,7-9H2,1-6H3. The van der Waals surface area contributed by atoms with E-state index in [1.165, 1.54) is 0 Å². The molecule has 0 aromatic heterocycles. The summed E-state index contributed by atoms with van der Waals surface area (Å²) in [6, 6.07) is 0. The summed E-state index contributed by atoms with van der Waals surface area (Å²) in [7, 11) is -3.19. The summed E-state index contributed by atoms with van der Waals surface area (Å²) in [5.74, 6) is 0. The molecule has 0 aromatic carbocycles. The molecular formula is C12H30NP3. The maximum atomic E-state index is 3.30. The molecule has 3 saturated heterocycles. The van der Waals surface area contributed by atoms with Gasteiger partial charge in [0.15, 0.2) is 0 Å². The van der Waals surface area contributed by atoms with Crippen molar-refractivity contribution in [2.45, 2.75) is 36.2 Å². The van der Waals surface area contributed by atoms with Crippen molar-refractivity contribution >= 4 is 22.2 Å². The molecule has 0 amide bonds. The predicted octanol–water partition coefficient (Wildman–Crippen LogP) is 3.38. The van der Waals surface area contributed by atoms with Crippen LogP contribution in [-0.4, -0.2) is 61.2 Å². The van der Waals surface area contributed by atoms with E-state index in [-0.39, 0.29) is 0 Å². The van der Waals surface area contributed by atoms with E-state index < -0.39 is 22.2 Å². The van der Waals surface area contributed by atoms with Crippen LogP contribution in [-0.2, 0) is 0 Å². The van der Waals surface area contributed by atoms with Gasteiger partial charge in [-0.1, -0.05) is 0 Å². The quantitative estimate of drug-likeness (QED) is 0.615. The van der Waals surface area contributed by atoms with E-state index in [1.54, 1.807) is 19.3 Å². The van der Waals surface area contributed by atoms with Crippen molar-refractivity contribution in [3.63, 3.8) is 0 Å². The maximum absolute atomic E-state index is 3.30. The molecule has 3 aliphatic heterocycles. The Kier molecular flexibility index (Phi) is 2.48. The van der Waals surface area contributed by atoms with Crippen molar-refractivity contribution in [1.29, 1.82) is 0 Å².